The highest BCUT2D eigenvalue weighted by Gasteiger charge is 2.28. The standard InChI is InChI=1S/C16H20N2O4S/c1-11-5-7-18(8-6-11)23(20,21)13-3-4-14-12(9-13)10-15(22-14)16(19)17-2/h3-4,9-11H,5-8H2,1-2H3,(H,17,19). The summed E-state index contributed by atoms with van der Waals surface area (Å²) < 4.78 is 32.5. The third-order valence-electron chi connectivity index (χ3n) is 4.32. The van der Waals surface area contributed by atoms with Gasteiger partial charge in [0.25, 0.3) is 5.91 Å². The van der Waals surface area contributed by atoms with Crippen LogP contribution in [0.1, 0.15) is 30.3 Å². The van der Waals surface area contributed by atoms with E-state index in [4.69, 9.17) is 4.42 Å². The van der Waals surface area contributed by atoms with E-state index in [9.17, 15) is 13.2 Å². The molecule has 3 rings (SSSR count). The number of furan rings is 1. The van der Waals surface area contributed by atoms with E-state index in [-0.39, 0.29) is 16.6 Å². The Balaban J connectivity index is 1.94. The molecule has 0 bridgehead atoms. The molecule has 1 saturated heterocycles. The van der Waals surface area contributed by atoms with Crippen LogP contribution in [0.25, 0.3) is 11.0 Å². The van der Waals surface area contributed by atoms with Gasteiger partial charge in [-0.1, -0.05) is 6.92 Å². The first-order chi connectivity index (χ1) is 10.9. The summed E-state index contributed by atoms with van der Waals surface area (Å²) in [5.74, 6) is 0.396. The zero-order valence-electron chi connectivity index (χ0n) is 13.2. The minimum absolute atomic E-state index is 0.170. The number of sulfonamides is 1. The SMILES string of the molecule is CNC(=O)c1cc2cc(S(=O)(=O)N3CCC(C)CC3)ccc2o1. The van der Waals surface area contributed by atoms with Crippen molar-refractivity contribution in [3.05, 3.63) is 30.0 Å². The molecule has 1 aromatic heterocycles. The maximum atomic E-state index is 12.8. The van der Waals surface area contributed by atoms with E-state index < -0.39 is 10.0 Å². The van der Waals surface area contributed by atoms with E-state index in [0.29, 0.717) is 30.0 Å². The molecule has 2 aromatic rings. The molecule has 0 spiro atoms. The summed E-state index contributed by atoms with van der Waals surface area (Å²) in [5, 5.41) is 3.09. The average molecular weight is 336 g/mol. The van der Waals surface area contributed by atoms with Crippen LogP contribution >= 0.6 is 0 Å². The largest absolute Gasteiger partial charge is 0.451 e. The van der Waals surface area contributed by atoms with Crippen LogP contribution in [-0.2, 0) is 10.0 Å². The molecular weight excluding hydrogens is 316 g/mol. The van der Waals surface area contributed by atoms with Gasteiger partial charge in [-0.2, -0.15) is 4.31 Å². The molecule has 1 aromatic carbocycles. The Morgan fingerprint density at radius 2 is 1.96 bits per heavy atom. The van der Waals surface area contributed by atoms with Crippen LogP contribution in [0.15, 0.2) is 33.6 Å². The third kappa shape index (κ3) is 2.98. The molecule has 0 unspecified atom stereocenters. The van der Waals surface area contributed by atoms with Crippen molar-refractivity contribution < 1.29 is 17.6 Å². The molecule has 0 aliphatic carbocycles. The molecule has 124 valence electrons. The van der Waals surface area contributed by atoms with Gasteiger partial charge in [0.1, 0.15) is 5.58 Å². The van der Waals surface area contributed by atoms with Crippen molar-refractivity contribution in [2.45, 2.75) is 24.7 Å². The molecule has 1 fully saturated rings. The first-order valence-corrected chi connectivity index (χ1v) is 9.11. The highest BCUT2D eigenvalue weighted by Crippen LogP contribution is 2.27. The Morgan fingerprint density at radius 3 is 2.61 bits per heavy atom. The molecule has 2 heterocycles. The van der Waals surface area contributed by atoms with Gasteiger partial charge >= 0.3 is 0 Å². The summed E-state index contributed by atoms with van der Waals surface area (Å²) in [5.41, 5.74) is 0.495. The summed E-state index contributed by atoms with van der Waals surface area (Å²) in [6.45, 7) is 3.24. The zero-order chi connectivity index (χ0) is 16.6. The Kier molecular flexibility index (Phi) is 4.16. The fraction of sp³-hybridized carbons (Fsp3) is 0.438. The fourth-order valence-corrected chi connectivity index (χ4v) is 4.30. The van der Waals surface area contributed by atoms with Crippen molar-refractivity contribution >= 4 is 26.9 Å². The quantitative estimate of drug-likeness (QED) is 0.932. The number of fused-ring (bicyclic) bond motifs is 1. The minimum atomic E-state index is -3.50. The predicted octanol–water partition coefficient (Wildman–Crippen LogP) is 2.21. The van der Waals surface area contributed by atoms with Crippen LogP contribution < -0.4 is 5.32 Å². The number of benzene rings is 1. The second-order valence-corrected chi connectivity index (χ2v) is 7.91. The minimum Gasteiger partial charge on any atom is -0.451 e. The maximum absolute atomic E-state index is 12.8. The smallest absolute Gasteiger partial charge is 0.286 e. The van der Waals surface area contributed by atoms with Gasteiger partial charge in [0.05, 0.1) is 4.90 Å². The van der Waals surface area contributed by atoms with Crippen LogP contribution in [0.4, 0.5) is 0 Å². The van der Waals surface area contributed by atoms with Gasteiger partial charge in [-0.3, -0.25) is 4.79 Å². The summed E-state index contributed by atoms with van der Waals surface area (Å²) >= 11 is 0. The number of carbonyl (C=O) groups excluding carboxylic acids is 1. The first-order valence-electron chi connectivity index (χ1n) is 7.67. The van der Waals surface area contributed by atoms with Crippen molar-refractivity contribution in [3.63, 3.8) is 0 Å². The van der Waals surface area contributed by atoms with E-state index in [0.717, 1.165) is 12.8 Å². The van der Waals surface area contributed by atoms with Crippen molar-refractivity contribution in [1.82, 2.24) is 9.62 Å². The fourth-order valence-electron chi connectivity index (χ4n) is 2.79. The average Bonchev–Trinajstić information content (AvgIpc) is 2.97. The van der Waals surface area contributed by atoms with Crippen molar-refractivity contribution in [3.8, 4) is 0 Å². The second kappa shape index (κ2) is 5.98. The highest BCUT2D eigenvalue weighted by molar-refractivity contribution is 7.89. The number of nitrogens with zero attached hydrogens (tertiary/aromatic N) is 1. The number of amides is 1. The normalized spacial score (nSPS) is 17.5. The second-order valence-electron chi connectivity index (χ2n) is 5.98. The van der Waals surface area contributed by atoms with E-state index >= 15 is 0 Å². The molecule has 1 amide bonds. The molecule has 0 atom stereocenters. The molecule has 0 saturated carbocycles. The van der Waals surface area contributed by atoms with E-state index in [2.05, 4.69) is 12.2 Å². The monoisotopic (exact) mass is 336 g/mol. The number of nitrogens with one attached hydrogen (secondary N) is 1. The van der Waals surface area contributed by atoms with E-state index in [1.54, 1.807) is 18.2 Å². The molecule has 1 N–H and O–H groups in total. The van der Waals surface area contributed by atoms with Gasteiger partial charge in [0, 0.05) is 25.5 Å². The Bertz CT molecular complexity index is 833. The molecule has 1 aliphatic rings. The van der Waals surface area contributed by atoms with Gasteiger partial charge in [0.15, 0.2) is 5.76 Å². The molecule has 1 aliphatic heterocycles. The van der Waals surface area contributed by atoms with Crippen LogP contribution in [0.5, 0.6) is 0 Å². The van der Waals surface area contributed by atoms with E-state index in [1.165, 1.54) is 17.4 Å². The van der Waals surface area contributed by atoms with E-state index in [1.807, 2.05) is 0 Å². The van der Waals surface area contributed by atoms with Crippen LogP contribution in [0, 0.1) is 5.92 Å². The number of rotatable bonds is 3. The van der Waals surface area contributed by atoms with Crippen molar-refractivity contribution in [2.75, 3.05) is 20.1 Å². The molecule has 23 heavy (non-hydrogen) atoms. The first kappa shape index (κ1) is 16.0. The summed E-state index contributed by atoms with van der Waals surface area (Å²) in [4.78, 5) is 11.9. The van der Waals surface area contributed by atoms with Gasteiger partial charge in [0.2, 0.25) is 10.0 Å². The Labute approximate surface area is 135 Å². The van der Waals surface area contributed by atoms with Crippen molar-refractivity contribution in [1.29, 1.82) is 0 Å². The lowest BCUT2D eigenvalue weighted by molar-refractivity contribution is 0.0938. The third-order valence-corrected chi connectivity index (χ3v) is 6.21. The van der Waals surface area contributed by atoms with Crippen LogP contribution in [0.2, 0.25) is 0 Å². The van der Waals surface area contributed by atoms with Crippen LogP contribution in [0.3, 0.4) is 0 Å². The Morgan fingerprint density at radius 1 is 1.26 bits per heavy atom. The lowest BCUT2D eigenvalue weighted by Crippen LogP contribution is -2.37. The summed E-state index contributed by atoms with van der Waals surface area (Å²) in [7, 11) is -1.99. The number of piperidine rings is 1. The number of hydrogen-bond acceptors (Lipinski definition) is 4. The predicted molar refractivity (Wildman–Crippen MR) is 86.8 cm³/mol. The molecular formula is C16H20N2O4S. The summed E-state index contributed by atoms with van der Waals surface area (Å²) in [6, 6.07) is 6.26. The van der Waals surface area contributed by atoms with Gasteiger partial charge in [-0.05, 0) is 43.0 Å². The molecule has 0 radical (unpaired) electrons. The Hall–Kier alpha value is -1.86. The van der Waals surface area contributed by atoms with Gasteiger partial charge in [-0.15, -0.1) is 0 Å². The van der Waals surface area contributed by atoms with Crippen molar-refractivity contribution in [2.24, 2.45) is 5.92 Å². The highest BCUT2D eigenvalue weighted by atomic mass is 32.2. The molecule has 6 nitrogen and oxygen atoms in total. The number of hydrogen-bond donors (Lipinski definition) is 1. The lowest BCUT2D eigenvalue weighted by atomic mass is 10.0. The topological polar surface area (TPSA) is 79.6 Å². The zero-order valence-corrected chi connectivity index (χ0v) is 14.0. The summed E-state index contributed by atoms with van der Waals surface area (Å²) in [6.07, 6.45) is 1.77. The maximum Gasteiger partial charge on any atom is 0.286 e. The molecule has 7 heteroatoms. The van der Waals surface area contributed by atoms with Gasteiger partial charge < -0.3 is 9.73 Å². The number of carbonyl (C=O) groups is 1. The lowest BCUT2D eigenvalue weighted by Gasteiger charge is -2.29. The van der Waals surface area contributed by atoms with Crippen LogP contribution in [-0.4, -0.2) is 38.8 Å². The van der Waals surface area contributed by atoms with Gasteiger partial charge in [-0.25, -0.2) is 8.42 Å².